The minimum absolute atomic E-state index is 0.0908. The largest absolute Gasteiger partial charge is 0.497 e. The number of hydrogen-bond acceptors (Lipinski definition) is 7. The Morgan fingerprint density at radius 1 is 1.21 bits per heavy atom. The number of hydrogen-bond donors (Lipinski definition) is 1. The third-order valence-electron chi connectivity index (χ3n) is 4.13. The summed E-state index contributed by atoms with van der Waals surface area (Å²) in [5.74, 6) is 2.34. The van der Waals surface area contributed by atoms with E-state index in [0.29, 0.717) is 17.5 Å². The van der Waals surface area contributed by atoms with Crippen molar-refractivity contribution in [1.29, 1.82) is 0 Å². The molecule has 2 heterocycles. The zero-order valence-electron chi connectivity index (χ0n) is 15.1. The fourth-order valence-corrected chi connectivity index (χ4v) is 3.43. The molecule has 1 aliphatic heterocycles. The molecule has 4 rings (SSSR count). The number of fused-ring (bicyclic) bond motifs is 1. The third-order valence-corrected chi connectivity index (χ3v) is 5.07. The van der Waals surface area contributed by atoms with Crippen LogP contribution in [0.1, 0.15) is 5.56 Å². The lowest BCUT2D eigenvalue weighted by Crippen LogP contribution is -2.24. The number of nitrogens with zero attached hydrogens (tertiary/aromatic N) is 3. The first-order valence-corrected chi connectivity index (χ1v) is 9.54. The van der Waals surface area contributed by atoms with Crippen molar-refractivity contribution in [1.82, 2.24) is 20.1 Å². The topological polar surface area (TPSA) is 87.5 Å². The van der Waals surface area contributed by atoms with Crippen molar-refractivity contribution in [3.63, 3.8) is 0 Å². The summed E-state index contributed by atoms with van der Waals surface area (Å²) in [5, 5.41) is 11.6. The zero-order chi connectivity index (χ0) is 19.3. The quantitative estimate of drug-likeness (QED) is 0.612. The highest BCUT2D eigenvalue weighted by molar-refractivity contribution is 7.99. The van der Waals surface area contributed by atoms with E-state index in [1.807, 2.05) is 47.0 Å². The molecule has 1 aliphatic rings. The average Bonchev–Trinajstić information content (AvgIpc) is 3.39. The van der Waals surface area contributed by atoms with Crippen molar-refractivity contribution >= 4 is 17.7 Å². The second-order valence-electron chi connectivity index (χ2n) is 5.93. The molecule has 0 spiro atoms. The van der Waals surface area contributed by atoms with E-state index in [-0.39, 0.29) is 18.5 Å². The van der Waals surface area contributed by atoms with Crippen LogP contribution in [0.2, 0.25) is 0 Å². The van der Waals surface area contributed by atoms with Gasteiger partial charge in [-0.1, -0.05) is 17.8 Å². The van der Waals surface area contributed by atoms with Crippen molar-refractivity contribution in [2.24, 2.45) is 0 Å². The molecule has 3 aromatic rings. The molecule has 0 atom stereocenters. The zero-order valence-corrected chi connectivity index (χ0v) is 15.9. The van der Waals surface area contributed by atoms with Gasteiger partial charge in [-0.25, -0.2) is 0 Å². The summed E-state index contributed by atoms with van der Waals surface area (Å²) in [6, 6.07) is 13.2. The van der Waals surface area contributed by atoms with Gasteiger partial charge in [-0.3, -0.25) is 9.36 Å². The molecule has 2 aromatic carbocycles. The molecule has 0 radical (unpaired) electrons. The number of methoxy groups -OCH3 is 1. The molecular weight excluding hydrogens is 380 g/mol. The summed E-state index contributed by atoms with van der Waals surface area (Å²) in [6.45, 7) is 0.651. The fraction of sp³-hybridized carbons (Fsp3) is 0.211. The van der Waals surface area contributed by atoms with E-state index in [2.05, 4.69) is 15.5 Å². The lowest BCUT2D eigenvalue weighted by atomic mass is 10.2. The Hall–Kier alpha value is -3.20. The number of ether oxygens (including phenoxy) is 3. The maximum absolute atomic E-state index is 12.2. The molecule has 28 heavy (non-hydrogen) atoms. The minimum Gasteiger partial charge on any atom is -0.497 e. The maximum atomic E-state index is 12.2. The van der Waals surface area contributed by atoms with Crippen molar-refractivity contribution in [2.75, 3.05) is 19.7 Å². The van der Waals surface area contributed by atoms with E-state index in [9.17, 15) is 4.79 Å². The van der Waals surface area contributed by atoms with Gasteiger partial charge < -0.3 is 19.5 Å². The molecule has 1 N–H and O–H groups in total. The highest BCUT2D eigenvalue weighted by Crippen LogP contribution is 2.32. The van der Waals surface area contributed by atoms with Gasteiger partial charge in [0.25, 0.3) is 0 Å². The van der Waals surface area contributed by atoms with E-state index in [1.165, 1.54) is 11.8 Å². The van der Waals surface area contributed by atoms with Crippen LogP contribution in [0.5, 0.6) is 17.2 Å². The van der Waals surface area contributed by atoms with Gasteiger partial charge in [0, 0.05) is 12.2 Å². The number of amides is 1. The first-order chi connectivity index (χ1) is 13.7. The van der Waals surface area contributed by atoms with Gasteiger partial charge in [0.05, 0.1) is 12.9 Å². The molecule has 0 unspecified atom stereocenters. The number of thioether (sulfide) groups is 1. The average molecular weight is 398 g/mol. The summed E-state index contributed by atoms with van der Waals surface area (Å²) >= 11 is 1.32. The van der Waals surface area contributed by atoms with E-state index in [4.69, 9.17) is 14.2 Å². The molecule has 1 amide bonds. The highest BCUT2D eigenvalue weighted by Gasteiger charge is 2.14. The Balaban J connectivity index is 1.32. The van der Waals surface area contributed by atoms with Crippen LogP contribution in [-0.2, 0) is 11.3 Å². The summed E-state index contributed by atoms with van der Waals surface area (Å²) < 4.78 is 17.6. The SMILES string of the molecule is COc1ccc(-n2cnnc2SCC(=O)NCc2ccc3c(c2)OCO3)cc1. The predicted octanol–water partition coefficient (Wildman–Crippen LogP) is 2.41. The van der Waals surface area contributed by atoms with Gasteiger partial charge in [0.2, 0.25) is 12.7 Å². The van der Waals surface area contributed by atoms with Crippen LogP contribution in [-0.4, -0.2) is 40.3 Å². The second kappa shape index (κ2) is 8.22. The summed E-state index contributed by atoms with van der Waals surface area (Å²) in [6.07, 6.45) is 1.62. The molecule has 0 bridgehead atoms. The van der Waals surface area contributed by atoms with E-state index in [1.54, 1.807) is 13.4 Å². The standard InChI is InChI=1S/C19H18N4O4S/c1-25-15-5-3-14(4-6-15)23-11-21-22-19(23)28-10-18(24)20-9-13-2-7-16-17(8-13)27-12-26-16/h2-8,11H,9-10,12H2,1H3,(H,20,24). The Labute approximate surface area is 165 Å². The van der Waals surface area contributed by atoms with Crippen LogP contribution in [0.25, 0.3) is 5.69 Å². The van der Waals surface area contributed by atoms with Crippen molar-refractivity contribution in [3.8, 4) is 22.9 Å². The Morgan fingerprint density at radius 2 is 2.04 bits per heavy atom. The van der Waals surface area contributed by atoms with Gasteiger partial charge in [0.1, 0.15) is 12.1 Å². The van der Waals surface area contributed by atoms with Gasteiger partial charge >= 0.3 is 0 Å². The molecule has 144 valence electrons. The molecule has 0 fully saturated rings. The number of rotatable bonds is 7. The maximum Gasteiger partial charge on any atom is 0.231 e. The number of carbonyl (C=O) groups is 1. The van der Waals surface area contributed by atoms with E-state index < -0.39 is 0 Å². The van der Waals surface area contributed by atoms with Crippen LogP contribution in [0.3, 0.4) is 0 Å². The first kappa shape index (κ1) is 18.2. The molecule has 9 heteroatoms. The van der Waals surface area contributed by atoms with E-state index in [0.717, 1.165) is 22.7 Å². The van der Waals surface area contributed by atoms with Crippen LogP contribution in [0.15, 0.2) is 53.9 Å². The lowest BCUT2D eigenvalue weighted by molar-refractivity contribution is -0.118. The summed E-state index contributed by atoms with van der Waals surface area (Å²) in [4.78, 5) is 12.2. The Bertz CT molecular complexity index is 974. The van der Waals surface area contributed by atoms with Crippen LogP contribution in [0.4, 0.5) is 0 Å². The van der Waals surface area contributed by atoms with Crippen LogP contribution in [0, 0.1) is 0 Å². The van der Waals surface area contributed by atoms with E-state index >= 15 is 0 Å². The van der Waals surface area contributed by atoms with Gasteiger partial charge in [0.15, 0.2) is 16.7 Å². The minimum atomic E-state index is -0.0908. The molecule has 8 nitrogen and oxygen atoms in total. The van der Waals surface area contributed by atoms with Crippen molar-refractivity contribution in [3.05, 3.63) is 54.4 Å². The fourth-order valence-electron chi connectivity index (χ4n) is 2.68. The summed E-state index contributed by atoms with van der Waals surface area (Å²) in [5.41, 5.74) is 1.85. The molecule has 0 aliphatic carbocycles. The second-order valence-corrected chi connectivity index (χ2v) is 6.88. The number of benzene rings is 2. The first-order valence-electron chi connectivity index (χ1n) is 8.55. The molecule has 0 saturated carbocycles. The number of carbonyl (C=O) groups excluding carboxylic acids is 1. The van der Waals surface area contributed by atoms with Crippen LogP contribution >= 0.6 is 11.8 Å². The smallest absolute Gasteiger partial charge is 0.231 e. The summed E-state index contributed by atoms with van der Waals surface area (Å²) in [7, 11) is 1.62. The van der Waals surface area contributed by atoms with Gasteiger partial charge in [-0.15, -0.1) is 10.2 Å². The predicted molar refractivity (Wildman–Crippen MR) is 103 cm³/mol. The highest BCUT2D eigenvalue weighted by atomic mass is 32.2. The monoisotopic (exact) mass is 398 g/mol. The van der Waals surface area contributed by atoms with Gasteiger partial charge in [-0.05, 0) is 42.0 Å². The molecule has 1 aromatic heterocycles. The van der Waals surface area contributed by atoms with Crippen LogP contribution < -0.4 is 19.5 Å². The third kappa shape index (κ3) is 4.04. The Morgan fingerprint density at radius 3 is 2.86 bits per heavy atom. The Kier molecular flexibility index (Phi) is 5.34. The van der Waals surface area contributed by atoms with Crippen molar-refractivity contribution < 1.29 is 19.0 Å². The molecule has 0 saturated heterocycles. The van der Waals surface area contributed by atoms with Gasteiger partial charge in [-0.2, -0.15) is 0 Å². The molecular formula is C19H18N4O4S. The lowest BCUT2D eigenvalue weighted by Gasteiger charge is -2.08. The normalized spacial score (nSPS) is 12.0. The van der Waals surface area contributed by atoms with Crippen molar-refractivity contribution in [2.45, 2.75) is 11.7 Å². The number of aromatic nitrogens is 3. The number of nitrogens with one attached hydrogen (secondary N) is 1.